The molecule has 7 heteroatoms. The van der Waals surface area contributed by atoms with Gasteiger partial charge in [0.05, 0.1) is 13.0 Å². The van der Waals surface area contributed by atoms with Crippen LogP contribution < -0.4 is 5.48 Å². The predicted molar refractivity (Wildman–Crippen MR) is 41.2 cm³/mol. The number of hydroxylamine groups is 1. The van der Waals surface area contributed by atoms with Crippen molar-refractivity contribution in [2.75, 3.05) is 20.3 Å². The molecule has 0 aromatic rings. The maximum atomic E-state index is 11.5. The summed E-state index contributed by atoms with van der Waals surface area (Å²) in [6.07, 6.45) is -4.37. The summed E-state index contributed by atoms with van der Waals surface area (Å²) in [7, 11) is 1.20. The second kappa shape index (κ2) is 5.82. The summed E-state index contributed by atoms with van der Waals surface area (Å²) in [4.78, 5) is 14.8. The average molecular weight is 215 g/mol. The number of rotatable bonds is 5. The van der Waals surface area contributed by atoms with Crippen LogP contribution in [0.1, 0.15) is 6.92 Å². The second-order valence-electron chi connectivity index (χ2n) is 2.68. The Morgan fingerprint density at radius 1 is 1.50 bits per heavy atom. The van der Waals surface area contributed by atoms with Gasteiger partial charge in [-0.25, -0.2) is 5.48 Å². The van der Waals surface area contributed by atoms with E-state index in [1.165, 1.54) is 14.0 Å². The van der Waals surface area contributed by atoms with E-state index in [9.17, 15) is 18.0 Å². The van der Waals surface area contributed by atoms with Gasteiger partial charge in [0.25, 0.3) is 0 Å². The number of halogens is 3. The molecule has 1 unspecified atom stereocenters. The van der Waals surface area contributed by atoms with Gasteiger partial charge in [0.2, 0.25) is 0 Å². The van der Waals surface area contributed by atoms with Gasteiger partial charge >= 0.3 is 12.1 Å². The van der Waals surface area contributed by atoms with Gasteiger partial charge < -0.3 is 4.74 Å². The largest absolute Gasteiger partial charge is 0.469 e. The van der Waals surface area contributed by atoms with Gasteiger partial charge in [0.1, 0.15) is 0 Å². The molecule has 0 saturated heterocycles. The van der Waals surface area contributed by atoms with Gasteiger partial charge in [-0.1, -0.05) is 6.92 Å². The number of alkyl halides is 3. The summed E-state index contributed by atoms with van der Waals surface area (Å²) in [5, 5.41) is 0. The second-order valence-corrected chi connectivity index (χ2v) is 2.68. The van der Waals surface area contributed by atoms with Crippen LogP contribution >= 0.6 is 0 Å². The van der Waals surface area contributed by atoms with Gasteiger partial charge in [-0.15, -0.1) is 0 Å². The Hall–Kier alpha value is -0.820. The number of nitrogens with one attached hydrogen (secondary N) is 1. The van der Waals surface area contributed by atoms with Crippen molar-refractivity contribution in [2.24, 2.45) is 5.92 Å². The van der Waals surface area contributed by atoms with Crippen LogP contribution in [0.2, 0.25) is 0 Å². The highest BCUT2D eigenvalue weighted by atomic mass is 19.4. The summed E-state index contributed by atoms with van der Waals surface area (Å²) in [5.41, 5.74) is 2.04. The quantitative estimate of drug-likeness (QED) is 0.420. The summed E-state index contributed by atoms with van der Waals surface area (Å²) >= 11 is 0. The lowest BCUT2D eigenvalue weighted by molar-refractivity contribution is -0.190. The fraction of sp³-hybridized carbons (Fsp3) is 0.857. The first kappa shape index (κ1) is 13.2. The highest BCUT2D eigenvalue weighted by Gasteiger charge is 2.27. The molecule has 14 heavy (non-hydrogen) atoms. The first-order valence-electron chi connectivity index (χ1n) is 3.86. The van der Waals surface area contributed by atoms with Crippen molar-refractivity contribution in [2.45, 2.75) is 13.1 Å². The van der Waals surface area contributed by atoms with Crippen LogP contribution in [0, 0.1) is 5.92 Å². The highest BCUT2D eigenvalue weighted by molar-refractivity contribution is 5.71. The number of hydrogen-bond acceptors (Lipinski definition) is 4. The normalized spacial score (nSPS) is 13.8. The standard InChI is InChI=1S/C7H12F3NO3/c1-5(6(12)13-2)3-11-14-4-7(8,9)10/h5,11H,3-4H2,1-2H3. The minimum absolute atomic E-state index is 0.0250. The van der Waals surface area contributed by atoms with E-state index in [4.69, 9.17) is 0 Å². The van der Waals surface area contributed by atoms with E-state index in [0.717, 1.165) is 0 Å². The predicted octanol–water partition coefficient (Wildman–Crippen LogP) is 0.879. The summed E-state index contributed by atoms with van der Waals surface area (Å²) in [6, 6.07) is 0. The lowest BCUT2D eigenvalue weighted by atomic mass is 10.2. The fourth-order valence-corrected chi connectivity index (χ4v) is 0.601. The third-order valence-corrected chi connectivity index (χ3v) is 1.33. The van der Waals surface area contributed by atoms with Crippen molar-refractivity contribution in [3.63, 3.8) is 0 Å². The number of carbonyl (C=O) groups is 1. The highest BCUT2D eigenvalue weighted by Crippen LogP contribution is 2.13. The van der Waals surface area contributed by atoms with Crippen molar-refractivity contribution in [3.8, 4) is 0 Å². The molecule has 4 nitrogen and oxygen atoms in total. The smallest absolute Gasteiger partial charge is 0.413 e. The Morgan fingerprint density at radius 2 is 2.07 bits per heavy atom. The van der Waals surface area contributed by atoms with Crippen LogP contribution in [-0.4, -0.2) is 32.4 Å². The number of esters is 1. The Kier molecular flexibility index (Phi) is 5.47. The van der Waals surface area contributed by atoms with Crippen molar-refractivity contribution in [1.82, 2.24) is 5.48 Å². The molecule has 0 rings (SSSR count). The molecule has 0 heterocycles. The third kappa shape index (κ3) is 6.67. The van der Waals surface area contributed by atoms with E-state index in [0.29, 0.717) is 0 Å². The van der Waals surface area contributed by atoms with Gasteiger partial charge in [-0.3, -0.25) is 9.63 Å². The van der Waals surface area contributed by atoms with Crippen molar-refractivity contribution in [3.05, 3.63) is 0 Å². The van der Waals surface area contributed by atoms with Crippen LogP contribution in [0.15, 0.2) is 0 Å². The molecule has 1 N–H and O–H groups in total. The Morgan fingerprint density at radius 3 is 2.50 bits per heavy atom. The maximum absolute atomic E-state index is 11.5. The molecule has 0 aromatic carbocycles. The monoisotopic (exact) mass is 215 g/mol. The van der Waals surface area contributed by atoms with Crippen molar-refractivity contribution in [1.29, 1.82) is 0 Å². The van der Waals surface area contributed by atoms with Crippen LogP contribution in [0.3, 0.4) is 0 Å². The Labute approximate surface area is 79.3 Å². The minimum atomic E-state index is -4.37. The molecule has 0 aliphatic heterocycles. The zero-order valence-corrected chi connectivity index (χ0v) is 7.85. The van der Waals surface area contributed by atoms with Crippen molar-refractivity contribution >= 4 is 5.97 Å². The van der Waals surface area contributed by atoms with Gasteiger partial charge in [-0.2, -0.15) is 13.2 Å². The Bertz CT molecular complexity index is 184. The molecule has 0 aliphatic rings. The van der Waals surface area contributed by atoms with E-state index in [1.807, 2.05) is 5.48 Å². The molecular weight excluding hydrogens is 203 g/mol. The van der Waals surface area contributed by atoms with E-state index < -0.39 is 24.7 Å². The summed E-state index contributed by atoms with van der Waals surface area (Å²) < 4.78 is 39.0. The first-order chi connectivity index (χ1) is 6.37. The van der Waals surface area contributed by atoms with Gasteiger partial charge in [-0.05, 0) is 0 Å². The molecule has 1 atom stereocenters. The van der Waals surface area contributed by atoms with E-state index in [1.54, 1.807) is 0 Å². The molecule has 0 aromatic heterocycles. The molecular formula is C7H12F3NO3. The first-order valence-corrected chi connectivity index (χ1v) is 3.86. The van der Waals surface area contributed by atoms with E-state index >= 15 is 0 Å². The molecule has 0 bridgehead atoms. The topological polar surface area (TPSA) is 47.6 Å². The van der Waals surface area contributed by atoms with Gasteiger partial charge in [0, 0.05) is 6.54 Å². The number of methoxy groups -OCH3 is 1. The van der Waals surface area contributed by atoms with E-state index in [2.05, 4.69) is 9.57 Å². The molecule has 0 fully saturated rings. The van der Waals surface area contributed by atoms with Gasteiger partial charge in [0.15, 0.2) is 6.61 Å². The zero-order valence-electron chi connectivity index (χ0n) is 7.85. The fourth-order valence-electron chi connectivity index (χ4n) is 0.601. The number of hydrogen-bond donors (Lipinski definition) is 1. The SMILES string of the molecule is COC(=O)C(C)CNOCC(F)(F)F. The molecule has 0 saturated carbocycles. The molecule has 0 amide bonds. The van der Waals surface area contributed by atoms with Crippen LogP contribution in [0.4, 0.5) is 13.2 Å². The number of ether oxygens (including phenoxy) is 1. The lowest BCUT2D eigenvalue weighted by Crippen LogP contribution is -2.31. The minimum Gasteiger partial charge on any atom is -0.469 e. The average Bonchev–Trinajstić information content (AvgIpc) is 2.09. The third-order valence-electron chi connectivity index (χ3n) is 1.33. The molecule has 84 valence electrons. The molecule has 0 aliphatic carbocycles. The summed E-state index contributed by atoms with van der Waals surface area (Å²) in [5.74, 6) is -1.05. The summed E-state index contributed by atoms with van der Waals surface area (Å²) in [6.45, 7) is 0.0967. The van der Waals surface area contributed by atoms with Crippen molar-refractivity contribution < 1.29 is 27.5 Å². The molecule has 0 radical (unpaired) electrons. The lowest BCUT2D eigenvalue weighted by Gasteiger charge is -2.11. The maximum Gasteiger partial charge on any atom is 0.413 e. The van der Waals surface area contributed by atoms with E-state index in [-0.39, 0.29) is 6.54 Å². The van der Waals surface area contributed by atoms with Crippen LogP contribution in [0.25, 0.3) is 0 Å². The molecule has 0 spiro atoms. The van der Waals surface area contributed by atoms with Crippen LogP contribution in [0.5, 0.6) is 0 Å². The Balaban J connectivity index is 3.50. The zero-order chi connectivity index (χ0) is 11.2. The number of carbonyl (C=O) groups excluding carboxylic acids is 1. The van der Waals surface area contributed by atoms with Crippen LogP contribution in [-0.2, 0) is 14.4 Å².